The highest BCUT2D eigenvalue weighted by Gasteiger charge is 2.18. The fourth-order valence-electron chi connectivity index (χ4n) is 2.07. The number of carbonyl (C=O) groups excluding carboxylic acids is 1. The number of para-hydroxylation sites is 1. The Kier molecular flexibility index (Phi) is 3.32. The third-order valence-corrected chi connectivity index (χ3v) is 2.80. The van der Waals surface area contributed by atoms with Gasteiger partial charge in [0.05, 0.1) is 5.69 Å². The maximum absolute atomic E-state index is 13.7. The van der Waals surface area contributed by atoms with Crippen LogP contribution in [0.25, 0.3) is 0 Å². The molecule has 0 aromatic heterocycles. The summed E-state index contributed by atoms with van der Waals surface area (Å²) in [4.78, 5) is 15.8. The summed E-state index contributed by atoms with van der Waals surface area (Å²) < 4.78 is 13.7. The van der Waals surface area contributed by atoms with Crippen LogP contribution < -0.4 is 4.90 Å². The van der Waals surface area contributed by atoms with E-state index in [1.807, 2.05) is 4.90 Å². The second kappa shape index (κ2) is 4.90. The molecule has 0 amide bonds. The Morgan fingerprint density at radius 1 is 1.25 bits per heavy atom. The third kappa shape index (κ3) is 2.12. The van der Waals surface area contributed by atoms with E-state index >= 15 is 0 Å². The molecule has 0 aliphatic carbocycles. The Hall–Kier alpha value is -1.67. The first-order valence-corrected chi connectivity index (χ1v) is 5.44. The first-order valence-electron chi connectivity index (χ1n) is 5.44. The van der Waals surface area contributed by atoms with Crippen molar-refractivity contribution in [2.75, 3.05) is 18.0 Å². The summed E-state index contributed by atoms with van der Waals surface area (Å²) in [7, 11) is 0. The summed E-state index contributed by atoms with van der Waals surface area (Å²) in [5.74, 6) is -0.321. The van der Waals surface area contributed by atoms with Crippen LogP contribution in [0.15, 0.2) is 23.2 Å². The molecule has 4 heteroatoms. The molecular weight excluding hydrogens is 207 g/mol. The van der Waals surface area contributed by atoms with Gasteiger partial charge in [0.25, 0.3) is 0 Å². The first-order chi connectivity index (χ1) is 7.83. The summed E-state index contributed by atoms with van der Waals surface area (Å²) in [6.07, 6.45) is 4.76. The molecule has 0 radical (unpaired) electrons. The van der Waals surface area contributed by atoms with Crippen LogP contribution in [0.2, 0.25) is 0 Å². The van der Waals surface area contributed by atoms with E-state index in [1.54, 1.807) is 12.1 Å². The van der Waals surface area contributed by atoms with E-state index in [4.69, 9.17) is 0 Å². The minimum Gasteiger partial charge on any atom is -0.367 e. The Morgan fingerprint density at radius 2 is 2.00 bits per heavy atom. The standard InChI is InChI=1S/C12H13FN2O/c13-10-5-4-6-11(14-9-16)12(10)15-7-2-1-3-8-15/h4-6H,1-3,7-8H2. The molecule has 0 atom stereocenters. The maximum atomic E-state index is 13.7. The average molecular weight is 220 g/mol. The largest absolute Gasteiger partial charge is 0.367 e. The van der Waals surface area contributed by atoms with Crippen LogP contribution in [0.3, 0.4) is 0 Å². The summed E-state index contributed by atoms with van der Waals surface area (Å²) in [6.45, 7) is 1.64. The van der Waals surface area contributed by atoms with Crippen LogP contribution in [0.4, 0.5) is 15.8 Å². The predicted octanol–water partition coefficient (Wildman–Crippen LogP) is 2.78. The molecule has 0 spiro atoms. The van der Waals surface area contributed by atoms with Crippen molar-refractivity contribution in [3.63, 3.8) is 0 Å². The van der Waals surface area contributed by atoms with Crippen molar-refractivity contribution < 1.29 is 9.18 Å². The van der Waals surface area contributed by atoms with E-state index in [9.17, 15) is 9.18 Å². The predicted molar refractivity (Wildman–Crippen MR) is 60.2 cm³/mol. The quantitative estimate of drug-likeness (QED) is 0.567. The first kappa shape index (κ1) is 10.8. The van der Waals surface area contributed by atoms with E-state index in [1.165, 1.54) is 18.6 Å². The molecular formula is C12H13FN2O. The molecule has 3 nitrogen and oxygen atoms in total. The van der Waals surface area contributed by atoms with Crippen LogP contribution in [0.5, 0.6) is 0 Å². The van der Waals surface area contributed by atoms with Gasteiger partial charge < -0.3 is 4.90 Å². The van der Waals surface area contributed by atoms with Crippen molar-refractivity contribution in [1.29, 1.82) is 0 Å². The number of hydrogen-bond acceptors (Lipinski definition) is 3. The minimum atomic E-state index is -0.321. The molecule has 1 heterocycles. The number of aliphatic imine (C=N–C) groups is 1. The maximum Gasteiger partial charge on any atom is 0.240 e. The van der Waals surface area contributed by atoms with Gasteiger partial charge in [-0.3, -0.25) is 0 Å². The van der Waals surface area contributed by atoms with Crippen molar-refractivity contribution in [2.45, 2.75) is 19.3 Å². The van der Waals surface area contributed by atoms with Crippen molar-refractivity contribution in [3.8, 4) is 0 Å². The number of isocyanates is 1. The summed E-state index contributed by atoms with van der Waals surface area (Å²) in [5.41, 5.74) is 0.808. The van der Waals surface area contributed by atoms with Crippen LogP contribution in [0, 0.1) is 5.82 Å². The number of hydrogen-bond donors (Lipinski definition) is 0. The molecule has 0 saturated carbocycles. The van der Waals surface area contributed by atoms with Crippen LogP contribution in [-0.2, 0) is 4.79 Å². The Labute approximate surface area is 93.6 Å². The zero-order valence-corrected chi connectivity index (χ0v) is 8.95. The average Bonchev–Trinajstić information content (AvgIpc) is 2.31. The van der Waals surface area contributed by atoms with Gasteiger partial charge in [0.2, 0.25) is 6.08 Å². The Morgan fingerprint density at radius 3 is 2.69 bits per heavy atom. The third-order valence-electron chi connectivity index (χ3n) is 2.80. The zero-order chi connectivity index (χ0) is 11.4. The monoisotopic (exact) mass is 220 g/mol. The molecule has 0 N–H and O–H groups in total. The Bertz CT molecular complexity index is 421. The number of piperidine rings is 1. The SMILES string of the molecule is O=C=Nc1cccc(F)c1N1CCCCC1. The lowest BCUT2D eigenvalue weighted by Crippen LogP contribution is -2.30. The van der Waals surface area contributed by atoms with Crippen molar-refractivity contribution in [3.05, 3.63) is 24.0 Å². The molecule has 1 aliphatic rings. The molecule has 1 aromatic rings. The minimum absolute atomic E-state index is 0.321. The fraction of sp³-hybridized carbons (Fsp3) is 0.417. The van der Waals surface area contributed by atoms with Crippen molar-refractivity contribution >= 4 is 17.5 Å². The highest BCUT2D eigenvalue weighted by atomic mass is 19.1. The van der Waals surface area contributed by atoms with Gasteiger partial charge in [-0.25, -0.2) is 9.18 Å². The molecule has 0 bridgehead atoms. The molecule has 1 aromatic carbocycles. The highest BCUT2D eigenvalue weighted by Crippen LogP contribution is 2.32. The molecule has 2 rings (SSSR count). The van der Waals surface area contributed by atoms with Gasteiger partial charge in [0.15, 0.2) is 0 Å². The Balaban J connectivity index is 2.39. The lowest BCUT2D eigenvalue weighted by atomic mass is 10.1. The molecule has 0 unspecified atom stereocenters. The van der Waals surface area contributed by atoms with Gasteiger partial charge in [-0.05, 0) is 31.4 Å². The number of anilines is 1. The molecule has 1 saturated heterocycles. The highest BCUT2D eigenvalue weighted by molar-refractivity contribution is 5.70. The van der Waals surface area contributed by atoms with E-state index in [0.29, 0.717) is 11.4 Å². The van der Waals surface area contributed by atoms with Crippen LogP contribution in [-0.4, -0.2) is 19.2 Å². The van der Waals surface area contributed by atoms with Crippen molar-refractivity contribution in [1.82, 2.24) is 0 Å². The number of nitrogens with zero attached hydrogens (tertiary/aromatic N) is 2. The second-order valence-corrected chi connectivity index (χ2v) is 3.86. The van der Waals surface area contributed by atoms with Gasteiger partial charge >= 0.3 is 0 Å². The van der Waals surface area contributed by atoms with Gasteiger partial charge in [0.1, 0.15) is 11.5 Å². The molecule has 1 fully saturated rings. The molecule has 1 aliphatic heterocycles. The van der Waals surface area contributed by atoms with Gasteiger partial charge in [-0.1, -0.05) is 6.07 Å². The van der Waals surface area contributed by atoms with Gasteiger partial charge in [-0.15, -0.1) is 0 Å². The van der Waals surface area contributed by atoms with Crippen molar-refractivity contribution in [2.24, 2.45) is 4.99 Å². The van der Waals surface area contributed by atoms with E-state index in [0.717, 1.165) is 25.9 Å². The summed E-state index contributed by atoms with van der Waals surface area (Å²) >= 11 is 0. The van der Waals surface area contributed by atoms with Gasteiger partial charge in [-0.2, -0.15) is 4.99 Å². The van der Waals surface area contributed by atoms with Gasteiger partial charge in [0, 0.05) is 13.1 Å². The molecule has 16 heavy (non-hydrogen) atoms. The zero-order valence-electron chi connectivity index (χ0n) is 8.95. The number of halogens is 1. The lowest BCUT2D eigenvalue weighted by molar-refractivity contribution is 0.556. The smallest absolute Gasteiger partial charge is 0.240 e. The lowest BCUT2D eigenvalue weighted by Gasteiger charge is -2.29. The van der Waals surface area contributed by atoms with Crippen LogP contribution in [0.1, 0.15) is 19.3 Å². The fourth-order valence-corrected chi connectivity index (χ4v) is 2.07. The second-order valence-electron chi connectivity index (χ2n) is 3.86. The van der Waals surface area contributed by atoms with E-state index in [-0.39, 0.29) is 5.82 Å². The normalized spacial score (nSPS) is 15.7. The number of benzene rings is 1. The summed E-state index contributed by atoms with van der Waals surface area (Å²) in [5, 5.41) is 0. The topological polar surface area (TPSA) is 32.7 Å². The number of rotatable bonds is 2. The van der Waals surface area contributed by atoms with E-state index < -0.39 is 0 Å². The van der Waals surface area contributed by atoms with E-state index in [2.05, 4.69) is 4.99 Å². The molecule has 84 valence electrons. The van der Waals surface area contributed by atoms with Crippen LogP contribution >= 0.6 is 0 Å². The summed E-state index contributed by atoms with van der Waals surface area (Å²) in [6, 6.07) is 4.59.